The van der Waals surface area contributed by atoms with Gasteiger partial charge in [0.15, 0.2) is 23.0 Å². The van der Waals surface area contributed by atoms with Crippen LogP contribution in [-0.2, 0) is 0 Å². The topological polar surface area (TPSA) is 95.8 Å². The summed E-state index contributed by atoms with van der Waals surface area (Å²) >= 11 is 1.99. The van der Waals surface area contributed by atoms with Crippen LogP contribution in [0.2, 0.25) is 0 Å². The third kappa shape index (κ3) is 7.59. The number of methoxy groups -OCH3 is 1. The molecule has 0 saturated carbocycles. The molecule has 9 nitrogen and oxygen atoms in total. The summed E-state index contributed by atoms with van der Waals surface area (Å²) in [4.78, 5) is 19.6. The van der Waals surface area contributed by atoms with Gasteiger partial charge in [-0.25, -0.2) is 18.7 Å². The lowest BCUT2D eigenvalue weighted by Crippen LogP contribution is -2.40. The maximum atomic E-state index is 14.5. The van der Waals surface area contributed by atoms with E-state index < -0.39 is 11.6 Å². The maximum Gasteiger partial charge on any atom is 0.201 e. The highest BCUT2D eigenvalue weighted by Gasteiger charge is 2.19. The average molecular weight is 584 g/mol. The number of carbonyl (C=O) groups excluding carboxylic acids is 1. The number of hydrogen-bond donors (Lipinski definition) is 3. The molecule has 0 radical (unpaired) electrons. The van der Waals surface area contributed by atoms with Gasteiger partial charge in [0.1, 0.15) is 6.29 Å². The summed E-state index contributed by atoms with van der Waals surface area (Å²) in [6.07, 6.45) is 6.66. The van der Waals surface area contributed by atoms with Gasteiger partial charge in [-0.1, -0.05) is 11.9 Å². The first-order valence-corrected chi connectivity index (χ1v) is 14.3. The molecule has 218 valence electrons. The first-order chi connectivity index (χ1) is 20.0. The van der Waals surface area contributed by atoms with Crippen LogP contribution in [-0.4, -0.2) is 77.6 Å². The van der Waals surface area contributed by atoms with Gasteiger partial charge in [-0.3, -0.25) is 9.20 Å². The van der Waals surface area contributed by atoms with Crippen molar-refractivity contribution in [1.29, 1.82) is 0 Å². The summed E-state index contributed by atoms with van der Waals surface area (Å²) < 4.78 is 37.6. The molecular formula is C29H35F2N7O2S. The average Bonchev–Trinajstić information content (AvgIpc) is 3.43. The fourth-order valence-electron chi connectivity index (χ4n) is 4.33. The molecule has 3 N–H and O–H groups in total. The number of nitrogens with zero attached hydrogens (tertiary/aromatic N) is 4. The molecule has 1 aliphatic rings. The highest BCUT2D eigenvalue weighted by atomic mass is 32.2. The number of aromatic nitrogens is 3. The second-order valence-electron chi connectivity index (χ2n) is 9.34. The van der Waals surface area contributed by atoms with E-state index in [2.05, 4.69) is 30.2 Å². The van der Waals surface area contributed by atoms with Crippen LogP contribution in [0.4, 0.5) is 20.3 Å². The summed E-state index contributed by atoms with van der Waals surface area (Å²) in [5.41, 5.74) is 3.00. The first-order valence-electron chi connectivity index (χ1n) is 13.4. The van der Waals surface area contributed by atoms with Gasteiger partial charge in [0.2, 0.25) is 5.82 Å². The minimum absolute atomic E-state index is 0.0548. The van der Waals surface area contributed by atoms with Gasteiger partial charge in [-0.2, -0.15) is 4.39 Å². The SMILES string of the molecule is CNCCCSN1CCNCC1.COc1ccc(-c2cnc3c(Nc4ccc(C=O)c(C)c4)nccn23)c(F)c1F. The number of imidazole rings is 1. The van der Waals surface area contributed by atoms with E-state index in [1.807, 2.05) is 32.0 Å². The van der Waals surface area contributed by atoms with Crippen LogP contribution in [0.3, 0.4) is 0 Å². The van der Waals surface area contributed by atoms with E-state index >= 15 is 0 Å². The molecule has 1 saturated heterocycles. The Hall–Kier alpha value is -3.58. The molecule has 1 aliphatic heterocycles. The molecular weight excluding hydrogens is 548 g/mol. The van der Waals surface area contributed by atoms with Crippen LogP contribution in [0.5, 0.6) is 5.75 Å². The summed E-state index contributed by atoms with van der Waals surface area (Å²) in [5, 5.41) is 9.66. The van der Waals surface area contributed by atoms with Crippen LogP contribution in [0.15, 0.2) is 48.9 Å². The van der Waals surface area contributed by atoms with Crippen molar-refractivity contribution in [3.05, 3.63) is 71.7 Å². The highest BCUT2D eigenvalue weighted by Crippen LogP contribution is 2.31. The molecule has 5 rings (SSSR count). The Labute approximate surface area is 242 Å². The van der Waals surface area contributed by atoms with E-state index in [-0.39, 0.29) is 11.3 Å². The van der Waals surface area contributed by atoms with Crippen molar-refractivity contribution < 1.29 is 18.3 Å². The normalized spacial score (nSPS) is 13.5. The van der Waals surface area contributed by atoms with Gasteiger partial charge in [-0.05, 0) is 62.8 Å². The van der Waals surface area contributed by atoms with Crippen molar-refractivity contribution in [2.75, 3.05) is 58.0 Å². The minimum atomic E-state index is -1.06. The van der Waals surface area contributed by atoms with E-state index in [0.29, 0.717) is 22.7 Å². The number of fused-ring (bicyclic) bond motifs is 1. The molecule has 0 aliphatic carbocycles. The lowest BCUT2D eigenvalue weighted by Gasteiger charge is -2.25. The number of aldehydes is 1. The number of nitrogens with one attached hydrogen (secondary N) is 3. The Bertz CT molecular complexity index is 1460. The van der Waals surface area contributed by atoms with Crippen molar-refractivity contribution in [2.24, 2.45) is 0 Å². The Morgan fingerprint density at radius 1 is 1.15 bits per heavy atom. The number of rotatable bonds is 10. The fraction of sp³-hybridized carbons (Fsp3) is 0.345. The second kappa shape index (κ2) is 14.9. The van der Waals surface area contributed by atoms with Crippen molar-refractivity contribution in [3.8, 4) is 17.0 Å². The molecule has 41 heavy (non-hydrogen) atoms. The first kappa shape index (κ1) is 30.4. The van der Waals surface area contributed by atoms with Crippen molar-refractivity contribution in [1.82, 2.24) is 29.3 Å². The highest BCUT2D eigenvalue weighted by molar-refractivity contribution is 7.97. The number of piperazine rings is 1. The molecule has 0 atom stereocenters. The number of aryl methyl sites for hydroxylation is 1. The molecule has 0 unspecified atom stereocenters. The maximum absolute atomic E-state index is 14.5. The molecule has 3 heterocycles. The van der Waals surface area contributed by atoms with E-state index in [0.717, 1.165) is 37.2 Å². The zero-order chi connectivity index (χ0) is 29.2. The number of hydrogen-bond acceptors (Lipinski definition) is 9. The Morgan fingerprint density at radius 3 is 2.66 bits per heavy atom. The Balaban J connectivity index is 0.000000271. The quantitative estimate of drug-likeness (QED) is 0.140. The van der Waals surface area contributed by atoms with Crippen LogP contribution < -0.4 is 20.7 Å². The molecule has 1 fully saturated rings. The largest absolute Gasteiger partial charge is 0.494 e. The molecule has 12 heteroatoms. The van der Waals surface area contributed by atoms with Crippen molar-refractivity contribution in [2.45, 2.75) is 13.3 Å². The third-order valence-corrected chi connectivity index (χ3v) is 7.75. The smallest absolute Gasteiger partial charge is 0.201 e. The van der Waals surface area contributed by atoms with Crippen molar-refractivity contribution >= 4 is 35.4 Å². The van der Waals surface area contributed by atoms with Gasteiger partial charge in [0.25, 0.3) is 0 Å². The monoisotopic (exact) mass is 583 g/mol. The number of anilines is 2. The van der Waals surface area contributed by atoms with Gasteiger partial charge >= 0.3 is 0 Å². The fourth-order valence-corrected chi connectivity index (χ4v) is 5.30. The lowest BCUT2D eigenvalue weighted by molar-refractivity contribution is 0.112. The second-order valence-corrected chi connectivity index (χ2v) is 10.5. The Morgan fingerprint density at radius 2 is 1.95 bits per heavy atom. The summed E-state index contributed by atoms with van der Waals surface area (Å²) in [6, 6.07) is 8.08. The van der Waals surface area contributed by atoms with E-state index in [9.17, 15) is 13.6 Å². The van der Waals surface area contributed by atoms with Crippen LogP contribution in [0.1, 0.15) is 22.3 Å². The molecule has 2 aromatic carbocycles. The Kier molecular flexibility index (Phi) is 11.0. The number of halogens is 2. The predicted octanol–water partition coefficient (Wildman–Crippen LogP) is 4.70. The summed E-state index contributed by atoms with van der Waals surface area (Å²) in [7, 11) is 3.29. The minimum Gasteiger partial charge on any atom is -0.494 e. The van der Waals surface area contributed by atoms with Gasteiger partial charge in [0.05, 0.1) is 19.0 Å². The van der Waals surface area contributed by atoms with E-state index in [1.54, 1.807) is 22.7 Å². The molecule has 2 aromatic heterocycles. The standard InChI is InChI=1S/C21H16F2N4O2.C8H19N3S/c1-12-9-14(4-3-13(12)11-28)26-20-21-25-10-16(27(21)8-7-24-20)15-5-6-17(29-2)19(23)18(15)22;1-9-3-2-8-12-11-6-4-10-5-7-11/h3-11H,1-2H3,(H,24,26);9-10H,2-8H2,1H3. The predicted molar refractivity (Wildman–Crippen MR) is 160 cm³/mol. The van der Waals surface area contributed by atoms with E-state index in [4.69, 9.17) is 4.74 Å². The van der Waals surface area contributed by atoms with Crippen LogP contribution >= 0.6 is 11.9 Å². The number of carbonyl (C=O) groups is 1. The zero-order valence-corrected chi connectivity index (χ0v) is 24.2. The molecule has 4 aromatic rings. The summed E-state index contributed by atoms with van der Waals surface area (Å²) in [6.45, 7) is 7.67. The number of ether oxygens (including phenoxy) is 1. The molecule has 0 spiro atoms. The number of benzene rings is 2. The van der Waals surface area contributed by atoms with Crippen LogP contribution in [0, 0.1) is 18.6 Å². The molecule has 0 amide bonds. The zero-order valence-electron chi connectivity index (χ0n) is 23.4. The van der Waals surface area contributed by atoms with Gasteiger partial charge < -0.3 is 20.7 Å². The van der Waals surface area contributed by atoms with Crippen molar-refractivity contribution in [3.63, 3.8) is 0 Å². The summed E-state index contributed by atoms with van der Waals surface area (Å²) in [5.74, 6) is -0.554. The molecule has 0 bridgehead atoms. The lowest BCUT2D eigenvalue weighted by atomic mass is 10.1. The van der Waals surface area contributed by atoms with Gasteiger partial charge in [-0.15, -0.1) is 0 Å². The third-order valence-electron chi connectivity index (χ3n) is 6.55. The van der Waals surface area contributed by atoms with E-state index in [1.165, 1.54) is 56.9 Å². The van der Waals surface area contributed by atoms with Gasteiger partial charge in [0, 0.05) is 61.1 Å². The van der Waals surface area contributed by atoms with Crippen LogP contribution in [0.25, 0.3) is 16.9 Å².